The van der Waals surface area contributed by atoms with Crippen molar-refractivity contribution in [2.75, 3.05) is 0 Å². The van der Waals surface area contributed by atoms with Gasteiger partial charge >= 0.3 is 0 Å². The van der Waals surface area contributed by atoms with Gasteiger partial charge in [0.2, 0.25) is 0 Å². The maximum Gasteiger partial charge on any atom is 0.0203 e. The minimum atomic E-state index is 0. The molecule has 1 aliphatic carbocycles. The maximum atomic E-state index is 2.25. The molecule has 0 saturated heterocycles. The quantitative estimate of drug-likeness (QED) is 0.868. The Kier molecular flexibility index (Phi) is 4.49. The Morgan fingerprint density at radius 3 is 1.29 bits per heavy atom. The first kappa shape index (κ1) is 13.9. The lowest BCUT2D eigenvalue weighted by molar-refractivity contribution is 0.847. The average Bonchev–Trinajstić information content (AvgIpc) is 3.13. The van der Waals surface area contributed by atoms with Gasteiger partial charge < -0.3 is 6.15 Å². The first-order valence-corrected chi connectivity index (χ1v) is 5.53. The van der Waals surface area contributed by atoms with Crippen LogP contribution < -0.4 is 6.15 Å². The third kappa shape index (κ3) is 2.43. The van der Waals surface area contributed by atoms with Gasteiger partial charge in [0.05, 0.1) is 0 Å². The molecule has 17 heavy (non-hydrogen) atoms. The fourth-order valence-electron chi connectivity index (χ4n) is 2.38. The van der Waals surface area contributed by atoms with Gasteiger partial charge in [-0.2, -0.15) is 0 Å². The zero-order valence-electron chi connectivity index (χ0n) is 9.80. The summed E-state index contributed by atoms with van der Waals surface area (Å²) < 4.78 is 0. The molecule has 2 aromatic rings. The van der Waals surface area contributed by atoms with Crippen molar-refractivity contribution in [2.24, 2.45) is 0 Å². The standard InChI is InChI=1S/C15H14.BrH.H3N/c1-3-7-13(8-4-1)15(11-12-15)14-9-5-2-6-10-14;;/h1-10H,11-12H2;1H;1H3. The fourth-order valence-corrected chi connectivity index (χ4v) is 2.38. The highest BCUT2D eigenvalue weighted by atomic mass is 79.9. The smallest absolute Gasteiger partial charge is 0.0203 e. The summed E-state index contributed by atoms with van der Waals surface area (Å²) in [5.41, 5.74) is 3.27. The van der Waals surface area contributed by atoms with Crippen molar-refractivity contribution in [1.82, 2.24) is 6.15 Å². The number of halogens is 1. The summed E-state index contributed by atoms with van der Waals surface area (Å²) in [6, 6.07) is 21.7. The van der Waals surface area contributed by atoms with Crippen LogP contribution in [0.1, 0.15) is 24.0 Å². The van der Waals surface area contributed by atoms with Crippen molar-refractivity contribution < 1.29 is 0 Å². The normalized spacial score (nSPS) is 15.3. The van der Waals surface area contributed by atoms with E-state index in [9.17, 15) is 0 Å². The van der Waals surface area contributed by atoms with E-state index in [0.717, 1.165) is 0 Å². The topological polar surface area (TPSA) is 35.0 Å². The second kappa shape index (κ2) is 5.48. The molecule has 0 spiro atoms. The van der Waals surface area contributed by atoms with Crippen LogP contribution >= 0.6 is 17.0 Å². The number of hydrogen-bond donors (Lipinski definition) is 1. The SMILES string of the molecule is Br.N.c1ccc(C2(c3ccccc3)CC2)cc1. The van der Waals surface area contributed by atoms with E-state index in [-0.39, 0.29) is 23.1 Å². The van der Waals surface area contributed by atoms with Gasteiger partial charge in [0.15, 0.2) is 0 Å². The Morgan fingerprint density at radius 2 is 1.00 bits per heavy atom. The number of benzene rings is 2. The third-order valence-electron chi connectivity index (χ3n) is 3.40. The summed E-state index contributed by atoms with van der Waals surface area (Å²) in [5.74, 6) is 0. The zero-order chi connectivity index (χ0) is 10.1. The van der Waals surface area contributed by atoms with Crippen molar-refractivity contribution in [1.29, 1.82) is 0 Å². The highest BCUT2D eigenvalue weighted by Gasteiger charge is 2.45. The second-order valence-corrected chi connectivity index (χ2v) is 4.31. The molecule has 3 rings (SSSR count). The Hall–Kier alpha value is -1.12. The summed E-state index contributed by atoms with van der Waals surface area (Å²) in [7, 11) is 0. The maximum absolute atomic E-state index is 2.25. The van der Waals surface area contributed by atoms with E-state index < -0.39 is 0 Å². The molecule has 0 bridgehead atoms. The molecule has 3 N–H and O–H groups in total. The summed E-state index contributed by atoms with van der Waals surface area (Å²) in [6.07, 6.45) is 2.59. The van der Waals surface area contributed by atoms with Gasteiger partial charge in [-0.05, 0) is 24.0 Å². The van der Waals surface area contributed by atoms with Gasteiger partial charge in [-0.25, -0.2) is 0 Å². The molecule has 0 heterocycles. The number of hydrogen-bond acceptors (Lipinski definition) is 1. The minimum absolute atomic E-state index is 0. The predicted octanol–water partition coefficient (Wildman–Crippen LogP) is 4.51. The van der Waals surface area contributed by atoms with Crippen LogP contribution in [0.15, 0.2) is 60.7 Å². The molecule has 2 heteroatoms. The summed E-state index contributed by atoms with van der Waals surface area (Å²) in [5, 5.41) is 0. The lowest BCUT2D eigenvalue weighted by atomic mass is 9.88. The van der Waals surface area contributed by atoms with E-state index in [1.54, 1.807) is 0 Å². The lowest BCUT2D eigenvalue weighted by Gasteiger charge is -2.15. The Bertz CT molecular complexity index is 407. The third-order valence-corrected chi connectivity index (χ3v) is 3.40. The van der Waals surface area contributed by atoms with Crippen LogP contribution in [-0.4, -0.2) is 0 Å². The minimum Gasteiger partial charge on any atom is -0.344 e. The lowest BCUT2D eigenvalue weighted by Crippen LogP contribution is -2.07. The van der Waals surface area contributed by atoms with E-state index in [0.29, 0.717) is 5.41 Å². The van der Waals surface area contributed by atoms with E-state index in [2.05, 4.69) is 60.7 Å². The molecule has 1 saturated carbocycles. The van der Waals surface area contributed by atoms with Gasteiger partial charge in [-0.3, -0.25) is 0 Å². The van der Waals surface area contributed by atoms with Crippen LogP contribution in [0.2, 0.25) is 0 Å². The molecule has 1 aliphatic rings. The van der Waals surface area contributed by atoms with Crippen molar-refractivity contribution >= 4 is 17.0 Å². The van der Waals surface area contributed by atoms with Crippen LogP contribution in [0.25, 0.3) is 0 Å². The van der Waals surface area contributed by atoms with E-state index in [1.165, 1.54) is 24.0 Å². The first-order valence-electron chi connectivity index (χ1n) is 5.53. The molecule has 0 aromatic heterocycles. The van der Waals surface area contributed by atoms with Crippen molar-refractivity contribution in [3.63, 3.8) is 0 Å². The monoisotopic (exact) mass is 291 g/mol. The Balaban J connectivity index is 0.000000722. The summed E-state index contributed by atoms with van der Waals surface area (Å²) in [6.45, 7) is 0. The van der Waals surface area contributed by atoms with Gasteiger partial charge in [0, 0.05) is 5.41 Å². The highest BCUT2D eigenvalue weighted by molar-refractivity contribution is 8.93. The molecule has 0 amide bonds. The van der Waals surface area contributed by atoms with Crippen molar-refractivity contribution in [3.8, 4) is 0 Å². The van der Waals surface area contributed by atoms with E-state index in [1.807, 2.05) is 0 Å². The number of rotatable bonds is 2. The van der Waals surface area contributed by atoms with Crippen LogP contribution in [-0.2, 0) is 5.41 Å². The molecule has 90 valence electrons. The van der Waals surface area contributed by atoms with Crippen LogP contribution in [0, 0.1) is 0 Å². The van der Waals surface area contributed by atoms with E-state index in [4.69, 9.17) is 0 Å². The molecule has 1 fully saturated rings. The molecule has 0 atom stereocenters. The molecule has 1 nitrogen and oxygen atoms in total. The van der Waals surface area contributed by atoms with Gasteiger partial charge in [-0.1, -0.05) is 60.7 Å². The van der Waals surface area contributed by atoms with Crippen LogP contribution in [0.3, 0.4) is 0 Å². The zero-order valence-corrected chi connectivity index (χ0v) is 11.5. The van der Waals surface area contributed by atoms with Crippen LogP contribution in [0.4, 0.5) is 0 Å². The predicted molar refractivity (Wildman–Crippen MR) is 78.2 cm³/mol. The van der Waals surface area contributed by atoms with Crippen molar-refractivity contribution in [2.45, 2.75) is 18.3 Å². The molecular weight excluding hydrogens is 274 g/mol. The molecule has 0 radical (unpaired) electrons. The van der Waals surface area contributed by atoms with Gasteiger partial charge in [0.1, 0.15) is 0 Å². The summed E-state index contributed by atoms with van der Waals surface area (Å²) in [4.78, 5) is 0. The molecule has 0 unspecified atom stereocenters. The largest absolute Gasteiger partial charge is 0.344 e. The highest BCUT2D eigenvalue weighted by Crippen LogP contribution is 2.53. The van der Waals surface area contributed by atoms with Crippen LogP contribution in [0.5, 0.6) is 0 Å². The van der Waals surface area contributed by atoms with Gasteiger partial charge in [-0.15, -0.1) is 17.0 Å². The second-order valence-electron chi connectivity index (χ2n) is 4.31. The first-order chi connectivity index (χ1) is 7.42. The fraction of sp³-hybridized carbons (Fsp3) is 0.200. The van der Waals surface area contributed by atoms with E-state index >= 15 is 0 Å². The van der Waals surface area contributed by atoms with Crippen molar-refractivity contribution in [3.05, 3.63) is 71.8 Å². The molecule has 2 aromatic carbocycles. The Labute approximate surface area is 113 Å². The summed E-state index contributed by atoms with van der Waals surface area (Å²) >= 11 is 0. The van der Waals surface area contributed by atoms with Gasteiger partial charge in [0.25, 0.3) is 0 Å². The Morgan fingerprint density at radius 1 is 0.647 bits per heavy atom. The molecule has 0 aliphatic heterocycles. The average molecular weight is 292 g/mol. The molecular formula is C15H18BrN.